The van der Waals surface area contributed by atoms with E-state index >= 15 is 0 Å². The van der Waals surface area contributed by atoms with E-state index in [1.165, 1.54) is 0 Å². The van der Waals surface area contributed by atoms with Gasteiger partial charge in [-0.3, -0.25) is 20.2 Å². The van der Waals surface area contributed by atoms with Crippen LogP contribution in [0.1, 0.15) is 42.2 Å². The summed E-state index contributed by atoms with van der Waals surface area (Å²) in [5.74, 6) is 0.198. The van der Waals surface area contributed by atoms with E-state index in [9.17, 15) is 29.4 Å². The van der Waals surface area contributed by atoms with Crippen molar-refractivity contribution in [2.75, 3.05) is 45.3 Å². The fraction of sp³-hybridized carbons (Fsp3) is 0.314. The molecule has 3 fully saturated rings. The van der Waals surface area contributed by atoms with Crippen LogP contribution in [0.4, 0.5) is 32.3 Å². The fourth-order valence-electron chi connectivity index (χ4n) is 8.78. The summed E-state index contributed by atoms with van der Waals surface area (Å²) >= 11 is 12.9. The van der Waals surface area contributed by atoms with Gasteiger partial charge in [0, 0.05) is 58.8 Å². The topological polar surface area (TPSA) is 139 Å². The Hall–Kier alpha value is -4.54. The maximum absolute atomic E-state index is 14.3. The number of amides is 4. The van der Waals surface area contributed by atoms with E-state index in [1.807, 2.05) is 48.5 Å². The highest BCUT2D eigenvalue weighted by atomic mass is 35.5. The molecule has 2 aliphatic heterocycles. The van der Waals surface area contributed by atoms with Crippen LogP contribution in [0.25, 0.3) is 21.5 Å². The number of carboxylic acid groups (broad SMARTS) is 2. The van der Waals surface area contributed by atoms with Gasteiger partial charge in [0.25, 0.3) is 0 Å². The summed E-state index contributed by atoms with van der Waals surface area (Å²) in [5.41, 5.74) is 2.58. The van der Waals surface area contributed by atoms with Crippen molar-refractivity contribution in [3.8, 4) is 0 Å². The Morgan fingerprint density at radius 3 is 1.36 bits per heavy atom. The van der Waals surface area contributed by atoms with E-state index in [2.05, 4.69) is 10.6 Å². The lowest BCUT2D eigenvalue weighted by molar-refractivity contribution is -0.204. The number of nitrogens with zero attached hydrogens (tertiary/aromatic N) is 2. The quantitative estimate of drug-likeness (QED) is 0.158. The third-order valence-corrected chi connectivity index (χ3v) is 11.4. The number of carbonyl (C=O) groups is 4. The van der Waals surface area contributed by atoms with Crippen molar-refractivity contribution in [3.63, 3.8) is 0 Å². The molecule has 5 aliphatic rings. The SMILES string of the molecule is O=C(O)Nc1cc2c(c3ccccc13)[C@H](CCl)CN2C(=O)C12CC(C(=O)N3C[C@@H](CCl)c4c3cc(NC(=O)O)c3ccccc43)(C1)C2. The summed E-state index contributed by atoms with van der Waals surface area (Å²) in [6.07, 6.45) is -1.16. The highest BCUT2D eigenvalue weighted by molar-refractivity contribution is 6.20. The highest BCUT2D eigenvalue weighted by Crippen LogP contribution is 2.75. The predicted molar refractivity (Wildman–Crippen MR) is 182 cm³/mol. The number of hydrogen-bond acceptors (Lipinski definition) is 4. The molecule has 0 saturated heterocycles. The van der Waals surface area contributed by atoms with Crippen LogP contribution < -0.4 is 20.4 Å². The van der Waals surface area contributed by atoms with Crippen molar-refractivity contribution in [1.29, 1.82) is 0 Å². The van der Waals surface area contributed by atoms with Crippen LogP contribution in [0, 0.1) is 10.8 Å². The molecule has 4 aromatic carbocycles. The van der Waals surface area contributed by atoms with E-state index in [4.69, 9.17) is 23.2 Å². The Kier molecular flexibility index (Phi) is 6.66. The largest absolute Gasteiger partial charge is 0.465 e. The second kappa shape index (κ2) is 10.5. The van der Waals surface area contributed by atoms with E-state index in [1.54, 1.807) is 21.9 Å². The first-order chi connectivity index (χ1) is 22.6. The van der Waals surface area contributed by atoms with E-state index in [0.29, 0.717) is 66.9 Å². The van der Waals surface area contributed by atoms with Crippen LogP contribution in [0.2, 0.25) is 0 Å². The van der Waals surface area contributed by atoms with Crippen molar-refractivity contribution in [2.45, 2.75) is 31.1 Å². The molecule has 3 saturated carbocycles. The van der Waals surface area contributed by atoms with Crippen LogP contribution in [-0.4, -0.2) is 59.1 Å². The summed E-state index contributed by atoms with van der Waals surface area (Å²) in [4.78, 5) is 55.3. The molecule has 9 rings (SSSR count). The smallest absolute Gasteiger partial charge is 0.409 e. The van der Waals surface area contributed by atoms with Gasteiger partial charge in [-0.25, -0.2) is 9.59 Å². The Bertz CT molecular complexity index is 1900. The first kappa shape index (κ1) is 29.8. The molecule has 0 aromatic heterocycles. The van der Waals surface area contributed by atoms with Gasteiger partial charge >= 0.3 is 12.2 Å². The van der Waals surface area contributed by atoms with Gasteiger partial charge in [-0.15, -0.1) is 23.2 Å². The van der Waals surface area contributed by atoms with Gasteiger partial charge in [0.2, 0.25) is 11.8 Å². The Labute approximate surface area is 279 Å². The molecule has 0 spiro atoms. The molecule has 2 heterocycles. The maximum atomic E-state index is 14.3. The van der Waals surface area contributed by atoms with Gasteiger partial charge in [-0.1, -0.05) is 48.5 Å². The number of nitrogens with one attached hydrogen (secondary N) is 2. The van der Waals surface area contributed by atoms with Gasteiger partial charge in [-0.05, 0) is 53.3 Å². The van der Waals surface area contributed by atoms with Crippen LogP contribution in [0.3, 0.4) is 0 Å². The summed E-state index contributed by atoms with van der Waals surface area (Å²) < 4.78 is 0. The number of carbonyl (C=O) groups excluding carboxylic acids is 2. The molecule has 0 unspecified atom stereocenters. The molecular weight excluding hydrogens is 643 g/mol. The minimum Gasteiger partial charge on any atom is -0.465 e. The standard InChI is InChI=1S/C35H30Cl2N4O6/c36-11-18-13-40(26-9-24(38-32(44)45)20-5-1-3-7-22(20)28(18)26)30(42)34-15-35(16-34,17-34)31(43)41-14-19(12-37)29-23-8-4-2-6-21(23)25(10-27(29)41)39-33(46)47/h1-10,18-19,38-39H,11-17H2,(H,44,45)(H,46,47)/t18-,19-,34?,35?/m1/s1. The van der Waals surface area contributed by atoms with Crippen molar-refractivity contribution < 1.29 is 29.4 Å². The summed E-state index contributed by atoms with van der Waals surface area (Å²) in [6, 6.07) is 18.4. The Morgan fingerprint density at radius 1 is 0.660 bits per heavy atom. The molecule has 2 bridgehead atoms. The number of fused-ring (bicyclic) bond motifs is 6. The van der Waals surface area contributed by atoms with E-state index in [0.717, 1.165) is 32.7 Å². The lowest BCUT2D eigenvalue weighted by Gasteiger charge is -2.69. The van der Waals surface area contributed by atoms with Gasteiger partial charge in [-0.2, -0.15) is 0 Å². The van der Waals surface area contributed by atoms with Crippen LogP contribution >= 0.6 is 23.2 Å². The van der Waals surface area contributed by atoms with Gasteiger partial charge in [0.1, 0.15) is 0 Å². The van der Waals surface area contributed by atoms with Crippen molar-refractivity contribution in [3.05, 3.63) is 71.8 Å². The van der Waals surface area contributed by atoms with Gasteiger partial charge in [0.05, 0.1) is 22.2 Å². The average Bonchev–Trinajstić information content (AvgIpc) is 3.58. The lowest BCUT2D eigenvalue weighted by atomic mass is 9.34. The van der Waals surface area contributed by atoms with Crippen LogP contribution in [-0.2, 0) is 9.59 Å². The summed E-state index contributed by atoms with van der Waals surface area (Å²) in [5, 5.41) is 27.2. The number of benzene rings is 4. The third-order valence-electron chi connectivity index (χ3n) is 10.6. The first-order valence-electron chi connectivity index (χ1n) is 15.5. The number of alkyl halides is 2. The average molecular weight is 674 g/mol. The Balaban J connectivity index is 1.09. The number of anilines is 4. The summed E-state index contributed by atoms with van der Waals surface area (Å²) in [7, 11) is 0. The minimum atomic E-state index is -1.20. The first-order valence-corrected chi connectivity index (χ1v) is 16.5. The molecule has 47 heavy (non-hydrogen) atoms. The molecule has 10 nitrogen and oxygen atoms in total. The molecule has 0 radical (unpaired) electrons. The monoisotopic (exact) mass is 672 g/mol. The van der Waals surface area contributed by atoms with Gasteiger partial charge < -0.3 is 20.0 Å². The zero-order chi connectivity index (χ0) is 32.8. The molecule has 4 aromatic rings. The number of halogens is 2. The second-order valence-electron chi connectivity index (χ2n) is 13.3. The number of hydrogen-bond donors (Lipinski definition) is 4. The molecule has 240 valence electrons. The lowest BCUT2D eigenvalue weighted by Crippen LogP contribution is -2.73. The van der Waals surface area contributed by atoms with Crippen LogP contribution in [0.5, 0.6) is 0 Å². The third kappa shape index (κ3) is 4.24. The molecule has 12 heteroatoms. The van der Waals surface area contributed by atoms with Gasteiger partial charge in [0.15, 0.2) is 0 Å². The zero-order valence-corrected chi connectivity index (χ0v) is 26.6. The molecule has 2 atom stereocenters. The van der Waals surface area contributed by atoms with Crippen molar-refractivity contribution in [2.24, 2.45) is 10.8 Å². The van der Waals surface area contributed by atoms with Crippen molar-refractivity contribution in [1.82, 2.24) is 0 Å². The Morgan fingerprint density at radius 2 is 1.02 bits per heavy atom. The predicted octanol–water partition coefficient (Wildman–Crippen LogP) is 7.38. The molecule has 4 N–H and O–H groups in total. The van der Waals surface area contributed by atoms with Crippen molar-refractivity contribution >= 4 is 91.5 Å². The number of rotatable bonds is 6. The normalized spacial score (nSPS) is 25.1. The van der Waals surface area contributed by atoms with E-state index < -0.39 is 23.0 Å². The summed E-state index contributed by atoms with van der Waals surface area (Å²) in [6.45, 7) is 0.758. The van der Waals surface area contributed by atoms with E-state index in [-0.39, 0.29) is 23.7 Å². The molecule has 4 amide bonds. The fourth-order valence-corrected chi connectivity index (χ4v) is 9.28. The molecular formula is C35H30Cl2N4O6. The zero-order valence-electron chi connectivity index (χ0n) is 25.1. The minimum absolute atomic E-state index is 0.0722. The second-order valence-corrected chi connectivity index (χ2v) is 13.9. The molecule has 3 aliphatic carbocycles. The highest BCUT2D eigenvalue weighted by Gasteiger charge is 2.76. The maximum Gasteiger partial charge on any atom is 0.409 e. The van der Waals surface area contributed by atoms with Crippen LogP contribution in [0.15, 0.2) is 60.7 Å².